The minimum atomic E-state index is -0.572. The number of halogens is 1. The number of carbonyl (C=O) groups excluding carboxylic acids is 2. The lowest BCUT2D eigenvalue weighted by Gasteiger charge is -2.14. The third-order valence-corrected chi connectivity index (χ3v) is 7.64. The van der Waals surface area contributed by atoms with E-state index in [1.807, 2.05) is 54.0 Å². The lowest BCUT2D eigenvalue weighted by molar-refractivity contribution is -0.121. The van der Waals surface area contributed by atoms with Gasteiger partial charge in [0.25, 0.3) is 5.91 Å². The fourth-order valence-electron chi connectivity index (χ4n) is 5.14. The average Bonchev–Trinajstić information content (AvgIpc) is 3.37. The van der Waals surface area contributed by atoms with Crippen molar-refractivity contribution in [1.29, 1.82) is 0 Å². The lowest BCUT2D eigenvalue weighted by Crippen LogP contribution is -2.27. The SMILES string of the molecule is COc1ccc2c(c1)C(c1ccc(Cl)cc1)=NC(CC(=O)NCCCCCNC(=O)c1cccc([B]O)c1)c1nnc(C)n1-2. The molecule has 12 heteroatoms. The second-order valence-corrected chi connectivity index (χ2v) is 10.9. The molecule has 225 valence electrons. The van der Waals surface area contributed by atoms with E-state index in [4.69, 9.17) is 26.4 Å². The van der Waals surface area contributed by atoms with Crippen LogP contribution in [0, 0.1) is 6.92 Å². The van der Waals surface area contributed by atoms with Crippen LogP contribution >= 0.6 is 11.6 Å². The Hall–Kier alpha value is -4.48. The van der Waals surface area contributed by atoms with E-state index < -0.39 is 6.04 Å². The summed E-state index contributed by atoms with van der Waals surface area (Å²) in [5.41, 5.74) is 4.33. The Morgan fingerprint density at radius 2 is 1.77 bits per heavy atom. The molecular weight excluding hydrogens is 579 g/mol. The first-order valence-electron chi connectivity index (χ1n) is 14.4. The maximum Gasteiger partial charge on any atom is 0.326 e. The average molecular weight is 612 g/mol. The molecule has 44 heavy (non-hydrogen) atoms. The lowest BCUT2D eigenvalue weighted by atomic mass is 9.87. The van der Waals surface area contributed by atoms with Gasteiger partial charge in [0.05, 0.1) is 24.9 Å². The Bertz CT molecular complexity index is 1670. The number of nitrogens with one attached hydrogen (secondary N) is 2. The molecule has 3 aromatic carbocycles. The van der Waals surface area contributed by atoms with Gasteiger partial charge in [0.2, 0.25) is 5.91 Å². The fourth-order valence-corrected chi connectivity index (χ4v) is 5.27. The van der Waals surface area contributed by atoms with Gasteiger partial charge in [0, 0.05) is 34.8 Å². The number of aliphatic imine (C=N–C) groups is 1. The first kappa shape index (κ1) is 31.0. The second-order valence-electron chi connectivity index (χ2n) is 10.4. The number of rotatable bonds is 12. The van der Waals surface area contributed by atoms with Gasteiger partial charge in [0.1, 0.15) is 17.6 Å². The van der Waals surface area contributed by atoms with Crippen molar-refractivity contribution in [2.45, 2.75) is 38.6 Å². The van der Waals surface area contributed by atoms with E-state index in [1.54, 1.807) is 31.4 Å². The highest BCUT2D eigenvalue weighted by Gasteiger charge is 2.30. The van der Waals surface area contributed by atoms with E-state index in [0.29, 0.717) is 52.2 Å². The smallest absolute Gasteiger partial charge is 0.326 e. The topological polar surface area (TPSA) is 131 Å². The molecule has 1 atom stereocenters. The van der Waals surface area contributed by atoms with E-state index in [2.05, 4.69) is 20.8 Å². The number of ether oxygens (including phenoxy) is 1. The molecule has 3 N–H and O–H groups in total. The quantitative estimate of drug-likeness (QED) is 0.166. The predicted octanol–water partition coefficient (Wildman–Crippen LogP) is 3.47. The summed E-state index contributed by atoms with van der Waals surface area (Å²) in [4.78, 5) is 30.6. The summed E-state index contributed by atoms with van der Waals surface area (Å²) < 4.78 is 7.47. The molecule has 4 aromatic rings. The third kappa shape index (κ3) is 7.18. The largest absolute Gasteiger partial charge is 0.497 e. The maximum atomic E-state index is 13.1. The molecule has 2 amide bonds. The Morgan fingerprint density at radius 1 is 1.00 bits per heavy atom. The summed E-state index contributed by atoms with van der Waals surface area (Å²) >= 11 is 6.18. The number of benzene rings is 3. The van der Waals surface area contributed by atoms with Crippen LogP contribution in [0.4, 0.5) is 0 Å². The van der Waals surface area contributed by atoms with Gasteiger partial charge in [-0.15, -0.1) is 10.2 Å². The molecule has 0 spiro atoms. The number of methoxy groups -OCH3 is 1. The Balaban J connectivity index is 1.22. The van der Waals surface area contributed by atoms with Crippen molar-refractivity contribution in [2.24, 2.45) is 4.99 Å². The predicted molar refractivity (Wildman–Crippen MR) is 170 cm³/mol. The van der Waals surface area contributed by atoms with E-state index in [1.165, 1.54) is 0 Å². The van der Waals surface area contributed by atoms with Crippen molar-refractivity contribution in [1.82, 2.24) is 25.4 Å². The van der Waals surface area contributed by atoms with Crippen LogP contribution in [0.5, 0.6) is 5.75 Å². The van der Waals surface area contributed by atoms with E-state index in [-0.39, 0.29) is 18.2 Å². The number of hydrogen-bond donors (Lipinski definition) is 3. The number of carbonyl (C=O) groups is 2. The molecule has 1 aromatic heterocycles. The normalized spacial score (nSPS) is 13.6. The third-order valence-electron chi connectivity index (χ3n) is 7.39. The van der Waals surface area contributed by atoms with Crippen molar-refractivity contribution < 1.29 is 19.3 Å². The standard InChI is InChI=1S/C32H33BClN6O4/c1-20-38-39-31-27(19-29(41)35-15-4-3-5-16-36-32(42)22-7-6-8-23(17-22)33-43)37-30(21-9-11-24(34)12-10-21)26-18-25(44-2)13-14-28(26)40(20)31/h6-14,17-18,27,43H,3-5,15-16,19H2,1-2H3,(H,35,41)(H,36,42). The molecule has 1 unspecified atom stereocenters. The summed E-state index contributed by atoms with van der Waals surface area (Å²) in [5.74, 6) is 1.64. The zero-order chi connectivity index (χ0) is 31.1. The molecule has 0 saturated heterocycles. The Morgan fingerprint density at radius 3 is 2.52 bits per heavy atom. The zero-order valence-corrected chi connectivity index (χ0v) is 25.3. The van der Waals surface area contributed by atoms with Gasteiger partial charge >= 0.3 is 7.48 Å². The zero-order valence-electron chi connectivity index (χ0n) is 24.6. The maximum absolute atomic E-state index is 13.1. The van der Waals surface area contributed by atoms with Crippen molar-refractivity contribution in [3.8, 4) is 11.4 Å². The summed E-state index contributed by atoms with van der Waals surface area (Å²) in [5, 5.41) is 24.4. The molecule has 0 aliphatic carbocycles. The monoisotopic (exact) mass is 611 g/mol. The number of hydrogen-bond acceptors (Lipinski definition) is 7. The van der Waals surface area contributed by atoms with Gasteiger partial charge in [-0.1, -0.05) is 47.4 Å². The summed E-state index contributed by atoms with van der Waals surface area (Å²) in [6.07, 6.45) is 2.47. The van der Waals surface area contributed by atoms with Crippen molar-refractivity contribution in [3.63, 3.8) is 0 Å². The van der Waals surface area contributed by atoms with Crippen LogP contribution in [-0.4, -0.2) is 65.0 Å². The minimum Gasteiger partial charge on any atom is -0.497 e. The number of amides is 2. The van der Waals surface area contributed by atoms with E-state index in [9.17, 15) is 9.59 Å². The second kappa shape index (κ2) is 14.3. The van der Waals surface area contributed by atoms with Gasteiger partial charge in [-0.05, 0) is 62.6 Å². The van der Waals surface area contributed by atoms with Crippen molar-refractivity contribution in [2.75, 3.05) is 20.2 Å². The van der Waals surface area contributed by atoms with E-state index >= 15 is 0 Å². The van der Waals surface area contributed by atoms with Crippen LogP contribution in [0.25, 0.3) is 5.69 Å². The Kier molecular flexibility index (Phi) is 10.1. The van der Waals surface area contributed by atoms with E-state index in [0.717, 1.165) is 43.6 Å². The molecule has 1 radical (unpaired) electrons. The van der Waals surface area contributed by atoms with Crippen LogP contribution in [0.1, 0.15) is 64.9 Å². The van der Waals surface area contributed by atoms with Crippen LogP contribution in [0.15, 0.2) is 71.7 Å². The van der Waals surface area contributed by atoms with Crippen molar-refractivity contribution >= 4 is 42.1 Å². The molecule has 0 fully saturated rings. The van der Waals surface area contributed by atoms with Crippen molar-refractivity contribution in [3.05, 3.63) is 100 Å². The first-order chi connectivity index (χ1) is 21.4. The molecular formula is C32H33BClN6O4. The number of aryl methyl sites for hydroxylation is 1. The number of nitrogens with zero attached hydrogens (tertiary/aromatic N) is 4. The number of aromatic nitrogens is 3. The minimum absolute atomic E-state index is 0.0980. The fraction of sp³-hybridized carbons (Fsp3) is 0.281. The van der Waals surface area contributed by atoms with Crippen LogP contribution in [0.2, 0.25) is 5.02 Å². The van der Waals surface area contributed by atoms with Gasteiger partial charge in [-0.3, -0.25) is 19.1 Å². The highest BCUT2D eigenvalue weighted by atomic mass is 35.5. The molecule has 0 saturated carbocycles. The number of unbranched alkanes of at least 4 members (excludes halogenated alkanes) is 2. The summed E-state index contributed by atoms with van der Waals surface area (Å²) in [6.45, 7) is 2.90. The Labute approximate surface area is 261 Å². The van der Waals surface area contributed by atoms with Gasteiger partial charge in [-0.2, -0.15) is 0 Å². The van der Waals surface area contributed by atoms with Gasteiger partial charge in [0.15, 0.2) is 5.82 Å². The summed E-state index contributed by atoms with van der Waals surface area (Å²) in [7, 11) is 2.59. The molecule has 1 aliphatic heterocycles. The number of fused-ring (bicyclic) bond motifs is 3. The first-order valence-corrected chi connectivity index (χ1v) is 14.8. The van der Waals surface area contributed by atoms with Crippen LogP contribution < -0.4 is 20.8 Å². The summed E-state index contributed by atoms with van der Waals surface area (Å²) in [6, 6.07) is 19.4. The van der Waals surface area contributed by atoms with Gasteiger partial charge < -0.3 is 20.4 Å². The van der Waals surface area contributed by atoms with Gasteiger partial charge in [-0.25, -0.2) is 0 Å². The van der Waals surface area contributed by atoms with Crippen LogP contribution in [-0.2, 0) is 4.79 Å². The molecule has 0 bridgehead atoms. The van der Waals surface area contributed by atoms with Crippen LogP contribution in [0.3, 0.4) is 0 Å². The molecule has 5 rings (SSSR count). The highest BCUT2D eigenvalue weighted by Crippen LogP contribution is 2.34. The molecule has 10 nitrogen and oxygen atoms in total. The molecule has 2 heterocycles. The highest BCUT2D eigenvalue weighted by molar-refractivity contribution is 6.45. The molecule has 1 aliphatic rings.